The van der Waals surface area contributed by atoms with Crippen LogP contribution in [0.15, 0.2) is 42.5 Å². The molecule has 2 aromatic rings. The standard InChI is InChI=1S/C19H23Cl2NO3S/c1-19(2,3)15-5-7-16(8-6-15)25-11-10-22-26(23,24)13-14-4-9-17(20)18(21)12-14/h4-9,12,22H,10-11,13H2,1-3H3. The molecule has 0 bridgehead atoms. The number of nitrogens with one attached hydrogen (secondary N) is 1. The predicted molar refractivity (Wildman–Crippen MR) is 108 cm³/mol. The maximum Gasteiger partial charge on any atom is 0.215 e. The molecule has 0 saturated carbocycles. The fourth-order valence-electron chi connectivity index (χ4n) is 2.32. The summed E-state index contributed by atoms with van der Waals surface area (Å²) in [6, 6.07) is 12.6. The van der Waals surface area contributed by atoms with Gasteiger partial charge >= 0.3 is 0 Å². The number of hydrogen-bond donors (Lipinski definition) is 1. The SMILES string of the molecule is CC(C)(C)c1ccc(OCCNS(=O)(=O)Cc2ccc(Cl)c(Cl)c2)cc1. The third-order valence-corrected chi connectivity index (χ3v) is 5.85. The molecule has 0 amide bonds. The van der Waals surface area contributed by atoms with Crippen LogP contribution in [0.4, 0.5) is 0 Å². The molecule has 1 N–H and O–H groups in total. The molecule has 0 saturated heterocycles. The van der Waals surface area contributed by atoms with Crippen molar-refractivity contribution in [1.29, 1.82) is 0 Å². The Bertz CT molecular complexity index is 844. The van der Waals surface area contributed by atoms with Crippen molar-refractivity contribution in [2.45, 2.75) is 31.9 Å². The van der Waals surface area contributed by atoms with E-state index in [2.05, 4.69) is 25.5 Å². The molecule has 26 heavy (non-hydrogen) atoms. The molecular formula is C19H23Cl2NO3S. The Hall–Kier alpha value is -1.27. The first-order chi connectivity index (χ1) is 12.1. The van der Waals surface area contributed by atoms with E-state index in [0.29, 0.717) is 21.4 Å². The minimum absolute atomic E-state index is 0.0821. The molecule has 142 valence electrons. The Balaban J connectivity index is 1.82. The molecule has 0 unspecified atom stereocenters. The van der Waals surface area contributed by atoms with E-state index in [1.54, 1.807) is 18.2 Å². The molecule has 0 heterocycles. The third-order valence-electron chi connectivity index (χ3n) is 3.75. The molecule has 0 aliphatic rings. The van der Waals surface area contributed by atoms with Gasteiger partial charge in [0.1, 0.15) is 12.4 Å². The van der Waals surface area contributed by atoms with Crippen molar-refractivity contribution in [3.05, 3.63) is 63.6 Å². The van der Waals surface area contributed by atoms with Gasteiger partial charge in [-0.3, -0.25) is 0 Å². The van der Waals surface area contributed by atoms with E-state index in [4.69, 9.17) is 27.9 Å². The molecule has 0 atom stereocenters. The summed E-state index contributed by atoms with van der Waals surface area (Å²) in [5, 5.41) is 0.730. The molecule has 0 radical (unpaired) electrons. The van der Waals surface area contributed by atoms with E-state index in [1.807, 2.05) is 24.3 Å². The van der Waals surface area contributed by atoms with E-state index in [1.165, 1.54) is 5.56 Å². The van der Waals surface area contributed by atoms with Crippen LogP contribution in [0.2, 0.25) is 10.0 Å². The van der Waals surface area contributed by atoms with Crippen molar-refractivity contribution in [3.8, 4) is 5.75 Å². The van der Waals surface area contributed by atoms with Gasteiger partial charge in [-0.15, -0.1) is 0 Å². The molecule has 0 aliphatic carbocycles. The van der Waals surface area contributed by atoms with Crippen LogP contribution in [-0.2, 0) is 21.2 Å². The van der Waals surface area contributed by atoms with Gasteiger partial charge in [-0.2, -0.15) is 0 Å². The van der Waals surface area contributed by atoms with E-state index in [0.717, 1.165) is 0 Å². The molecule has 0 aliphatic heterocycles. The average molecular weight is 416 g/mol. The van der Waals surface area contributed by atoms with Crippen molar-refractivity contribution in [2.24, 2.45) is 0 Å². The lowest BCUT2D eigenvalue weighted by Crippen LogP contribution is -2.29. The fourth-order valence-corrected chi connectivity index (χ4v) is 3.75. The lowest BCUT2D eigenvalue weighted by Gasteiger charge is -2.19. The smallest absolute Gasteiger partial charge is 0.215 e. The van der Waals surface area contributed by atoms with Crippen LogP contribution in [0.1, 0.15) is 31.9 Å². The topological polar surface area (TPSA) is 55.4 Å². The number of sulfonamides is 1. The predicted octanol–water partition coefficient (Wildman–Crippen LogP) is 4.79. The zero-order chi connectivity index (χ0) is 19.4. The lowest BCUT2D eigenvalue weighted by atomic mass is 9.87. The Morgan fingerprint density at radius 2 is 1.65 bits per heavy atom. The molecule has 2 aromatic carbocycles. The molecule has 4 nitrogen and oxygen atoms in total. The molecule has 0 aromatic heterocycles. The Morgan fingerprint density at radius 1 is 1.00 bits per heavy atom. The van der Waals surface area contributed by atoms with Crippen molar-refractivity contribution < 1.29 is 13.2 Å². The van der Waals surface area contributed by atoms with Crippen molar-refractivity contribution in [1.82, 2.24) is 4.72 Å². The average Bonchev–Trinajstić information content (AvgIpc) is 2.54. The normalized spacial score (nSPS) is 12.2. The number of halogens is 2. The van der Waals surface area contributed by atoms with Gasteiger partial charge in [0.25, 0.3) is 0 Å². The first-order valence-electron chi connectivity index (χ1n) is 8.21. The van der Waals surface area contributed by atoms with Gasteiger partial charge in [0.15, 0.2) is 0 Å². The van der Waals surface area contributed by atoms with E-state index in [9.17, 15) is 8.42 Å². The van der Waals surface area contributed by atoms with Crippen LogP contribution < -0.4 is 9.46 Å². The summed E-state index contributed by atoms with van der Waals surface area (Å²) >= 11 is 11.7. The van der Waals surface area contributed by atoms with E-state index in [-0.39, 0.29) is 24.3 Å². The highest BCUT2D eigenvalue weighted by Gasteiger charge is 2.14. The van der Waals surface area contributed by atoms with Gasteiger partial charge in [-0.1, -0.05) is 62.2 Å². The van der Waals surface area contributed by atoms with Crippen molar-refractivity contribution >= 4 is 33.2 Å². The first-order valence-corrected chi connectivity index (χ1v) is 10.6. The zero-order valence-corrected chi connectivity index (χ0v) is 17.4. The summed E-state index contributed by atoms with van der Waals surface area (Å²) in [5.74, 6) is 0.547. The van der Waals surface area contributed by atoms with Gasteiger partial charge in [-0.05, 0) is 40.8 Å². The van der Waals surface area contributed by atoms with Crippen LogP contribution in [-0.4, -0.2) is 21.6 Å². The minimum atomic E-state index is -3.48. The van der Waals surface area contributed by atoms with Gasteiger partial charge in [0, 0.05) is 6.54 Å². The van der Waals surface area contributed by atoms with E-state index >= 15 is 0 Å². The van der Waals surface area contributed by atoms with Crippen molar-refractivity contribution in [2.75, 3.05) is 13.2 Å². The van der Waals surface area contributed by atoms with E-state index < -0.39 is 10.0 Å². The summed E-state index contributed by atoms with van der Waals surface area (Å²) < 4.78 is 32.3. The van der Waals surface area contributed by atoms with Crippen LogP contribution in [0.5, 0.6) is 5.75 Å². The molecular weight excluding hydrogens is 393 g/mol. The van der Waals surface area contributed by atoms with Gasteiger partial charge in [-0.25, -0.2) is 13.1 Å². The second-order valence-corrected chi connectivity index (χ2v) is 9.65. The molecule has 0 spiro atoms. The Kier molecular flexibility index (Phi) is 6.97. The second kappa shape index (κ2) is 8.61. The monoisotopic (exact) mass is 415 g/mol. The second-order valence-electron chi connectivity index (χ2n) is 7.02. The highest BCUT2D eigenvalue weighted by Crippen LogP contribution is 2.24. The quantitative estimate of drug-likeness (QED) is 0.661. The van der Waals surface area contributed by atoms with Gasteiger partial charge in [0.05, 0.1) is 15.8 Å². The summed E-state index contributed by atoms with van der Waals surface area (Å²) in [5.41, 5.74) is 1.87. The highest BCUT2D eigenvalue weighted by atomic mass is 35.5. The highest BCUT2D eigenvalue weighted by molar-refractivity contribution is 7.88. The summed E-state index contributed by atoms with van der Waals surface area (Å²) in [6.07, 6.45) is 0. The molecule has 2 rings (SSSR count). The molecule has 0 fully saturated rings. The van der Waals surface area contributed by atoms with Crippen LogP contribution >= 0.6 is 23.2 Å². The van der Waals surface area contributed by atoms with Crippen LogP contribution in [0, 0.1) is 0 Å². The van der Waals surface area contributed by atoms with Crippen LogP contribution in [0.3, 0.4) is 0 Å². The molecule has 7 heteroatoms. The lowest BCUT2D eigenvalue weighted by molar-refractivity contribution is 0.322. The third kappa shape index (κ3) is 6.47. The van der Waals surface area contributed by atoms with Gasteiger partial charge < -0.3 is 4.74 Å². The number of rotatable bonds is 7. The zero-order valence-electron chi connectivity index (χ0n) is 15.1. The maximum absolute atomic E-state index is 12.1. The van der Waals surface area contributed by atoms with Crippen LogP contribution in [0.25, 0.3) is 0 Å². The largest absolute Gasteiger partial charge is 0.492 e. The van der Waals surface area contributed by atoms with Gasteiger partial charge in [0.2, 0.25) is 10.0 Å². The summed E-state index contributed by atoms with van der Waals surface area (Å²) in [7, 11) is -3.48. The van der Waals surface area contributed by atoms with Crippen molar-refractivity contribution in [3.63, 3.8) is 0 Å². The Morgan fingerprint density at radius 3 is 2.23 bits per heavy atom. The number of hydrogen-bond acceptors (Lipinski definition) is 3. The number of benzene rings is 2. The number of ether oxygens (including phenoxy) is 1. The summed E-state index contributed by atoms with van der Waals surface area (Å²) in [6.45, 7) is 6.86. The fraction of sp³-hybridized carbons (Fsp3) is 0.368. The first kappa shape index (κ1) is 21.0. The summed E-state index contributed by atoms with van der Waals surface area (Å²) in [4.78, 5) is 0. The maximum atomic E-state index is 12.1. The Labute approximate surface area is 165 Å². The minimum Gasteiger partial charge on any atom is -0.492 e.